The van der Waals surface area contributed by atoms with E-state index in [4.69, 9.17) is 8.85 Å². The Morgan fingerprint density at radius 3 is 1.32 bits per heavy atom. The molecule has 0 aliphatic heterocycles. The van der Waals surface area contributed by atoms with Gasteiger partial charge in [0, 0.05) is 28.9 Å². The van der Waals surface area contributed by atoms with Gasteiger partial charge in [0.2, 0.25) is 16.6 Å². The molecule has 0 atom stereocenters. The molecule has 3 rings (SSSR count). The predicted molar refractivity (Wildman–Crippen MR) is 155 cm³/mol. The minimum Gasteiger partial charge on any atom is -0.549 e. The zero-order valence-electron chi connectivity index (χ0n) is 23.0. The van der Waals surface area contributed by atoms with Crippen molar-refractivity contribution in [3.05, 3.63) is 60.0 Å². The summed E-state index contributed by atoms with van der Waals surface area (Å²) in [7, 11) is -1.45. The molecule has 0 N–H and O–H groups in total. The molecule has 1 aromatic heterocycles. The molecule has 0 saturated carbocycles. The minimum absolute atomic E-state index is 0.193. The van der Waals surface area contributed by atoms with Gasteiger partial charge in [-0.25, -0.2) is 0 Å². The van der Waals surface area contributed by atoms with E-state index >= 15 is 0 Å². The van der Waals surface area contributed by atoms with Crippen molar-refractivity contribution in [1.29, 1.82) is 0 Å². The molecule has 2 aromatic carbocycles. The van der Waals surface area contributed by atoms with Crippen LogP contribution in [0.2, 0.25) is 36.3 Å². The number of hydrogen-bond acceptors (Lipinski definition) is 2. The highest BCUT2D eigenvalue weighted by Gasteiger charge is 2.38. The number of aryl methyl sites for hydroxylation is 1. The summed E-state index contributed by atoms with van der Waals surface area (Å²) in [6.45, 7) is 22.7. The zero-order valence-corrected chi connectivity index (χ0v) is 25.0. The molecule has 0 fully saturated rings. The van der Waals surface area contributed by atoms with Gasteiger partial charge in [0.1, 0.15) is 0 Å². The predicted octanol–water partition coefficient (Wildman–Crippen LogP) is 9.32. The quantitative estimate of drug-likeness (QED) is 0.252. The Bertz CT molecular complexity index is 1140. The van der Waals surface area contributed by atoms with Crippen LogP contribution in [0.15, 0.2) is 48.9 Å². The molecule has 5 heteroatoms. The molecular weight excluding hydrogens is 450 g/mol. The van der Waals surface area contributed by atoms with Gasteiger partial charge in [0.25, 0.3) is 0 Å². The summed E-state index contributed by atoms with van der Waals surface area (Å²) >= 11 is 0. The normalized spacial score (nSPS) is 14.1. The van der Waals surface area contributed by atoms with E-state index in [0.29, 0.717) is 0 Å². The van der Waals surface area contributed by atoms with Gasteiger partial charge in [-0.15, -0.1) is 0 Å². The third-order valence-corrected chi connectivity index (χ3v) is 16.6. The summed E-state index contributed by atoms with van der Waals surface area (Å²) in [5.41, 5.74) is 4.76. The van der Waals surface area contributed by atoms with E-state index in [1.165, 1.54) is 21.8 Å². The SMILES string of the molecule is Cn1c2cc(C=CO[Si](C)(C)C(C)(C)C)ccc2c2ccc(C=CO[Si](C)(C)C(C)(C)C)cc21. The van der Waals surface area contributed by atoms with Crippen LogP contribution in [0, 0.1) is 0 Å². The number of benzene rings is 2. The van der Waals surface area contributed by atoms with E-state index in [2.05, 4.69) is 128 Å². The molecule has 0 aliphatic rings. The van der Waals surface area contributed by atoms with Gasteiger partial charge in [-0.1, -0.05) is 65.8 Å². The lowest BCUT2D eigenvalue weighted by Crippen LogP contribution is -2.39. The van der Waals surface area contributed by atoms with Crippen LogP contribution < -0.4 is 0 Å². The van der Waals surface area contributed by atoms with Crippen LogP contribution in [0.5, 0.6) is 0 Å². The Hall–Kier alpha value is -2.25. The Labute approximate surface area is 208 Å². The Morgan fingerprint density at radius 1 is 0.647 bits per heavy atom. The van der Waals surface area contributed by atoms with Crippen molar-refractivity contribution in [2.75, 3.05) is 0 Å². The Morgan fingerprint density at radius 2 is 1.00 bits per heavy atom. The third-order valence-electron chi connectivity index (χ3n) is 7.92. The monoisotopic (exact) mass is 493 g/mol. The first-order chi connectivity index (χ1) is 15.5. The van der Waals surface area contributed by atoms with Crippen molar-refractivity contribution in [1.82, 2.24) is 4.57 Å². The first kappa shape index (κ1) is 26.4. The highest BCUT2D eigenvalue weighted by atomic mass is 28.4. The van der Waals surface area contributed by atoms with E-state index in [9.17, 15) is 0 Å². The van der Waals surface area contributed by atoms with E-state index in [-0.39, 0.29) is 10.1 Å². The largest absolute Gasteiger partial charge is 0.549 e. The van der Waals surface area contributed by atoms with Gasteiger partial charge in [-0.3, -0.25) is 0 Å². The lowest BCUT2D eigenvalue weighted by molar-refractivity contribution is 0.433. The van der Waals surface area contributed by atoms with Gasteiger partial charge < -0.3 is 13.4 Å². The molecule has 0 aliphatic carbocycles. The first-order valence-corrected chi connectivity index (χ1v) is 18.1. The summed E-state index contributed by atoms with van der Waals surface area (Å²) in [6, 6.07) is 13.3. The van der Waals surface area contributed by atoms with Gasteiger partial charge in [-0.05, 0) is 71.7 Å². The van der Waals surface area contributed by atoms with Crippen molar-refractivity contribution in [3.63, 3.8) is 0 Å². The van der Waals surface area contributed by atoms with Crippen LogP contribution in [0.4, 0.5) is 0 Å². The number of fused-ring (bicyclic) bond motifs is 3. The maximum Gasteiger partial charge on any atom is 0.249 e. The van der Waals surface area contributed by atoms with Crippen LogP contribution in [0.1, 0.15) is 52.7 Å². The summed E-state index contributed by atoms with van der Waals surface area (Å²) in [5.74, 6) is 0. The van der Waals surface area contributed by atoms with Gasteiger partial charge >= 0.3 is 0 Å². The van der Waals surface area contributed by atoms with Crippen LogP contribution >= 0.6 is 0 Å². The summed E-state index contributed by atoms with van der Waals surface area (Å²) < 4.78 is 14.7. The highest BCUT2D eigenvalue weighted by Crippen LogP contribution is 2.38. The Balaban J connectivity index is 1.87. The minimum atomic E-state index is -1.80. The molecule has 0 spiro atoms. The van der Waals surface area contributed by atoms with E-state index in [1.807, 2.05) is 12.5 Å². The second kappa shape index (κ2) is 9.08. The van der Waals surface area contributed by atoms with Gasteiger partial charge in [0.15, 0.2) is 0 Å². The summed E-state index contributed by atoms with van der Waals surface area (Å²) in [6.07, 6.45) is 7.97. The zero-order chi connectivity index (χ0) is 25.5. The molecule has 34 heavy (non-hydrogen) atoms. The summed E-state index contributed by atoms with van der Waals surface area (Å²) in [5, 5.41) is 2.93. The number of rotatable bonds is 6. The summed E-state index contributed by atoms with van der Waals surface area (Å²) in [4.78, 5) is 0. The third kappa shape index (κ3) is 5.36. The van der Waals surface area contributed by atoms with E-state index in [1.54, 1.807) is 0 Å². The maximum atomic E-state index is 6.23. The topological polar surface area (TPSA) is 23.4 Å². The smallest absolute Gasteiger partial charge is 0.249 e. The van der Waals surface area contributed by atoms with Crippen LogP contribution in [-0.4, -0.2) is 21.2 Å². The van der Waals surface area contributed by atoms with Crippen molar-refractivity contribution in [3.8, 4) is 0 Å². The molecular formula is C29H43NO2Si2. The lowest BCUT2D eigenvalue weighted by atomic mass is 10.1. The second-order valence-corrected chi connectivity index (χ2v) is 22.0. The highest BCUT2D eigenvalue weighted by molar-refractivity contribution is 6.74. The van der Waals surface area contributed by atoms with Crippen molar-refractivity contribution in [2.45, 2.75) is 77.8 Å². The molecule has 0 amide bonds. The van der Waals surface area contributed by atoms with Crippen LogP contribution in [0.25, 0.3) is 34.0 Å². The second-order valence-electron chi connectivity index (χ2n) is 12.5. The molecule has 0 radical (unpaired) electrons. The molecule has 3 aromatic rings. The molecule has 0 unspecified atom stereocenters. The molecule has 184 valence electrons. The number of aromatic nitrogens is 1. The average Bonchev–Trinajstić information content (AvgIpc) is 2.97. The van der Waals surface area contributed by atoms with E-state index < -0.39 is 16.6 Å². The molecule has 3 nitrogen and oxygen atoms in total. The molecule has 0 bridgehead atoms. The fourth-order valence-electron chi connectivity index (χ4n) is 3.36. The fourth-order valence-corrected chi connectivity index (χ4v) is 4.89. The Kier molecular flexibility index (Phi) is 7.04. The van der Waals surface area contributed by atoms with Crippen LogP contribution in [0.3, 0.4) is 0 Å². The van der Waals surface area contributed by atoms with Crippen molar-refractivity contribution < 1.29 is 8.85 Å². The van der Waals surface area contributed by atoms with Crippen molar-refractivity contribution >= 4 is 50.6 Å². The standard InChI is InChI=1S/C29H43NO2Si2/c1-28(2,3)33(8,9)31-18-16-22-12-14-24-25-15-13-23(21-27(25)30(7)26(24)20-22)17-19-32-34(10,11)29(4,5)6/h12-21H,1-11H3. The molecule has 0 saturated heterocycles. The number of nitrogens with zero attached hydrogens (tertiary/aromatic N) is 1. The maximum absolute atomic E-state index is 6.23. The van der Waals surface area contributed by atoms with Gasteiger partial charge in [-0.2, -0.15) is 0 Å². The average molecular weight is 494 g/mol. The van der Waals surface area contributed by atoms with Gasteiger partial charge in [0.05, 0.1) is 12.5 Å². The van der Waals surface area contributed by atoms with E-state index in [0.717, 1.165) is 11.1 Å². The lowest BCUT2D eigenvalue weighted by Gasteiger charge is -2.34. The number of hydrogen-bond donors (Lipinski definition) is 0. The molecule has 1 heterocycles. The van der Waals surface area contributed by atoms with Crippen molar-refractivity contribution in [2.24, 2.45) is 7.05 Å². The fraction of sp³-hybridized carbons (Fsp3) is 0.448. The first-order valence-electron chi connectivity index (χ1n) is 12.2. The van der Waals surface area contributed by atoms with Crippen LogP contribution in [-0.2, 0) is 15.9 Å².